The van der Waals surface area contributed by atoms with Crippen LogP contribution in [0, 0.1) is 10.1 Å². The van der Waals surface area contributed by atoms with Crippen molar-refractivity contribution in [3.8, 4) is 0 Å². The first-order valence-electron chi connectivity index (χ1n) is 6.30. The second-order valence-electron chi connectivity index (χ2n) is 4.32. The molecule has 116 valence electrons. The Morgan fingerprint density at radius 3 is 2.64 bits per heavy atom. The van der Waals surface area contributed by atoms with Gasteiger partial charge in [-0.2, -0.15) is 0 Å². The molecule has 8 nitrogen and oxygen atoms in total. The van der Waals surface area contributed by atoms with Crippen molar-refractivity contribution in [1.82, 2.24) is 9.71 Å². The van der Waals surface area contributed by atoms with Gasteiger partial charge in [0.1, 0.15) is 5.69 Å². The summed E-state index contributed by atoms with van der Waals surface area (Å²) >= 11 is 0. The van der Waals surface area contributed by atoms with Crippen LogP contribution in [0.3, 0.4) is 0 Å². The zero-order chi connectivity index (χ0) is 16.2. The van der Waals surface area contributed by atoms with E-state index < -0.39 is 14.9 Å². The lowest BCUT2D eigenvalue weighted by Crippen LogP contribution is -2.18. The Balaban J connectivity index is 2.30. The second kappa shape index (κ2) is 6.50. The standard InChI is InChI=1S/C13H14N4O4S/c1-14-22(20,21)11-5-6-12(13(8-11)17(18)19)16-9-10-4-2-3-7-15-10/h2-8,14,16H,9H2,1H3. The number of nitro groups is 1. The average Bonchev–Trinajstić information content (AvgIpc) is 2.53. The van der Waals surface area contributed by atoms with E-state index in [1.807, 2.05) is 0 Å². The van der Waals surface area contributed by atoms with E-state index in [-0.39, 0.29) is 16.3 Å². The summed E-state index contributed by atoms with van der Waals surface area (Å²) in [7, 11) is -2.49. The molecule has 9 heteroatoms. The number of nitro benzene ring substituents is 1. The summed E-state index contributed by atoms with van der Waals surface area (Å²) < 4.78 is 25.5. The van der Waals surface area contributed by atoms with Crippen molar-refractivity contribution in [1.29, 1.82) is 0 Å². The summed E-state index contributed by atoms with van der Waals surface area (Å²) in [5, 5.41) is 14.0. The molecule has 2 N–H and O–H groups in total. The predicted octanol–water partition coefficient (Wildman–Crippen LogP) is 1.51. The molecule has 0 amide bonds. The third-order valence-corrected chi connectivity index (χ3v) is 4.34. The van der Waals surface area contributed by atoms with E-state index in [1.165, 1.54) is 19.2 Å². The van der Waals surface area contributed by atoms with Gasteiger partial charge in [0.05, 0.1) is 22.1 Å². The molecule has 0 saturated heterocycles. The topological polar surface area (TPSA) is 114 Å². The highest BCUT2D eigenvalue weighted by Gasteiger charge is 2.20. The molecular formula is C13H14N4O4S. The quantitative estimate of drug-likeness (QED) is 0.615. The zero-order valence-electron chi connectivity index (χ0n) is 11.7. The molecule has 1 aromatic heterocycles. The number of nitrogens with zero attached hydrogens (tertiary/aromatic N) is 2. The van der Waals surface area contributed by atoms with Crippen molar-refractivity contribution in [2.45, 2.75) is 11.4 Å². The fourth-order valence-electron chi connectivity index (χ4n) is 1.79. The first kappa shape index (κ1) is 15.9. The molecule has 1 aromatic carbocycles. The van der Waals surface area contributed by atoms with Crippen LogP contribution in [0.15, 0.2) is 47.5 Å². The van der Waals surface area contributed by atoms with Gasteiger partial charge in [0.2, 0.25) is 10.0 Å². The Hall–Kier alpha value is -2.52. The van der Waals surface area contributed by atoms with Crippen molar-refractivity contribution >= 4 is 21.4 Å². The van der Waals surface area contributed by atoms with Gasteiger partial charge in [-0.15, -0.1) is 0 Å². The Bertz CT molecular complexity index is 778. The van der Waals surface area contributed by atoms with Gasteiger partial charge in [0.15, 0.2) is 0 Å². The fourth-order valence-corrected chi connectivity index (χ4v) is 2.54. The molecule has 0 fully saturated rings. The monoisotopic (exact) mass is 322 g/mol. The summed E-state index contributed by atoms with van der Waals surface area (Å²) in [4.78, 5) is 14.4. The number of benzene rings is 1. The third kappa shape index (κ3) is 3.57. The molecule has 0 bridgehead atoms. The van der Waals surface area contributed by atoms with Gasteiger partial charge >= 0.3 is 0 Å². The minimum atomic E-state index is -3.73. The van der Waals surface area contributed by atoms with Crippen LogP contribution in [0.4, 0.5) is 11.4 Å². The lowest BCUT2D eigenvalue weighted by atomic mass is 10.2. The molecular weight excluding hydrogens is 308 g/mol. The summed E-state index contributed by atoms with van der Waals surface area (Å²) in [6.45, 7) is 0.291. The average molecular weight is 322 g/mol. The zero-order valence-corrected chi connectivity index (χ0v) is 12.5. The molecule has 0 spiro atoms. The number of aromatic nitrogens is 1. The van der Waals surface area contributed by atoms with E-state index in [0.717, 1.165) is 6.07 Å². The molecule has 0 unspecified atom stereocenters. The number of nitrogens with one attached hydrogen (secondary N) is 2. The first-order chi connectivity index (χ1) is 10.4. The van der Waals surface area contributed by atoms with Crippen LogP contribution >= 0.6 is 0 Å². The predicted molar refractivity (Wildman–Crippen MR) is 80.9 cm³/mol. The lowest BCUT2D eigenvalue weighted by molar-refractivity contribution is -0.384. The van der Waals surface area contributed by atoms with Gasteiger partial charge in [-0.1, -0.05) is 6.07 Å². The maximum atomic E-state index is 11.7. The fraction of sp³-hybridized carbons (Fsp3) is 0.154. The van der Waals surface area contributed by atoms with Crippen molar-refractivity contribution in [3.05, 3.63) is 58.4 Å². The maximum absolute atomic E-state index is 11.7. The summed E-state index contributed by atoms with van der Waals surface area (Å²) in [6, 6.07) is 9.04. The van der Waals surface area contributed by atoms with Crippen LogP contribution in [0.25, 0.3) is 0 Å². The van der Waals surface area contributed by atoms with Crippen LogP contribution in [-0.2, 0) is 16.6 Å². The van der Waals surface area contributed by atoms with Crippen LogP contribution < -0.4 is 10.0 Å². The second-order valence-corrected chi connectivity index (χ2v) is 6.20. The van der Waals surface area contributed by atoms with E-state index in [0.29, 0.717) is 12.2 Å². The minimum Gasteiger partial charge on any atom is -0.374 e. The Morgan fingerprint density at radius 1 is 1.27 bits per heavy atom. The molecule has 0 aliphatic carbocycles. The molecule has 0 aliphatic rings. The van der Waals surface area contributed by atoms with E-state index in [4.69, 9.17) is 0 Å². The molecule has 0 radical (unpaired) electrons. The normalized spacial score (nSPS) is 11.1. The highest BCUT2D eigenvalue weighted by molar-refractivity contribution is 7.89. The molecule has 2 aromatic rings. The van der Waals surface area contributed by atoms with Gasteiger partial charge < -0.3 is 5.32 Å². The summed E-state index contributed by atoms with van der Waals surface area (Å²) in [5.41, 5.74) is 0.627. The van der Waals surface area contributed by atoms with E-state index in [9.17, 15) is 18.5 Å². The van der Waals surface area contributed by atoms with E-state index in [1.54, 1.807) is 24.4 Å². The number of hydrogen-bond donors (Lipinski definition) is 2. The van der Waals surface area contributed by atoms with E-state index in [2.05, 4.69) is 15.0 Å². The molecule has 1 heterocycles. The van der Waals surface area contributed by atoms with Crippen molar-refractivity contribution < 1.29 is 13.3 Å². The molecule has 0 aliphatic heterocycles. The number of sulfonamides is 1. The SMILES string of the molecule is CNS(=O)(=O)c1ccc(NCc2ccccn2)c([N+](=O)[O-])c1. The van der Waals surface area contributed by atoms with Gasteiger partial charge in [-0.25, -0.2) is 13.1 Å². The molecule has 22 heavy (non-hydrogen) atoms. The highest BCUT2D eigenvalue weighted by atomic mass is 32.2. The number of anilines is 1. The number of pyridine rings is 1. The van der Waals surface area contributed by atoms with Crippen molar-refractivity contribution in [2.24, 2.45) is 0 Å². The van der Waals surface area contributed by atoms with Gasteiger partial charge in [0.25, 0.3) is 5.69 Å². The Kier molecular flexibility index (Phi) is 4.68. The first-order valence-corrected chi connectivity index (χ1v) is 7.78. The van der Waals surface area contributed by atoms with Gasteiger partial charge in [-0.05, 0) is 31.3 Å². The molecule has 0 atom stereocenters. The maximum Gasteiger partial charge on any atom is 0.293 e. The third-order valence-electron chi connectivity index (χ3n) is 2.93. The lowest BCUT2D eigenvalue weighted by Gasteiger charge is -2.08. The van der Waals surface area contributed by atoms with Crippen LogP contribution in [-0.4, -0.2) is 25.4 Å². The number of rotatable bonds is 6. The summed E-state index contributed by atoms with van der Waals surface area (Å²) in [6.07, 6.45) is 1.62. The largest absolute Gasteiger partial charge is 0.374 e. The smallest absolute Gasteiger partial charge is 0.293 e. The van der Waals surface area contributed by atoms with Crippen LogP contribution in [0.2, 0.25) is 0 Å². The minimum absolute atomic E-state index is 0.162. The Labute approximate surface area is 127 Å². The highest BCUT2D eigenvalue weighted by Crippen LogP contribution is 2.27. The van der Waals surface area contributed by atoms with Crippen molar-refractivity contribution in [3.63, 3.8) is 0 Å². The Morgan fingerprint density at radius 2 is 2.05 bits per heavy atom. The van der Waals surface area contributed by atoms with Gasteiger partial charge in [0, 0.05) is 12.3 Å². The number of hydrogen-bond acceptors (Lipinski definition) is 6. The van der Waals surface area contributed by atoms with Crippen LogP contribution in [0.5, 0.6) is 0 Å². The summed E-state index contributed by atoms with van der Waals surface area (Å²) in [5.74, 6) is 0. The van der Waals surface area contributed by atoms with E-state index >= 15 is 0 Å². The van der Waals surface area contributed by atoms with Crippen LogP contribution in [0.1, 0.15) is 5.69 Å². The van der Waals surface area contributed by atoms with Crippen molar-refractivity contribution in [2.75, 3.05) is 12.4 Å². The molecule has 0 saturated carbocycles. The molecule has 2 rings (SSSR count). The van der Waals surface area contributed by atoms with Gasteiger partial charge in [-0.3, -0.25) is 15.1 Å².